The van der Waals surface area contributed by atoms with Gasteiger partial charge in [-0.2, -0.15) is 0 Å². The van der Waals surface area contributed by atoms with Gasteiger partial charge in [0.1, 0.15) is 0 Å². The molecule has 1 aliphatic heterocycles. The molecule has 1 aliphatic rings. The van der Waals surface area contributed by atoms with Crippen molar-refractivity contribution in [2.45, 2.75) is 26.2 Å². The summed E-state index contributed by atoms with van der Waals surface area (Å²) >= 11 is 0. The van der Waals surface area contributed by atoms with Gasteiger partial charge in [0.15, 0.2) is 12.4 Å². The molecule has 2 aromatic carbocycles. The maximum Gasteiger partial charge on any atom is 0.262 e. The quantitative estimate of drug-likeness (QED) is 0.887. The summed E-state index contributed by atoms with van der Waals surface area (Å²) in [6.07, 6.45) is 2.09. The molecule has 0 aliphatic carbocycles. The Labute approximate surface area is 141 Å². The van der Waals surface area contributed by atoms with Crippen LogP contribution in [0.2, 0.25) is 0 Å². The van der Waals surface area contributed by atoms with E-state index < -0.39 is 0 Å². The number of aryl methyl sites for hydroxylation is 2. The van der Waals surface area contributed by atoms with Crippen LogP contribution in [0.15, 0.2) is 42.5 Å². The maximum absolute atomic E-state index is 12.2. The van der Waals surface area contributed by atoms with E-state index in [1.807, 2.05) is 12.1 Å². The zero-order valence-corrected chi connectivity index (χ0v) is 13.6. The number of nitrogens with one attached hydrogen (secondary N) is 2. The molecule has 0 atom stereocenters. The molecule has 0 spiro atoms. The van der Waals surface area contributed by atoms with Crippen LogP contribution in [-0.2, 0) is 16.0 Å². The summed E-state index contributed by atoms with van der Waals surface area (Å²) in [7, 11) is 0. The first kappa shape index (κ1) is 16.1. The minimum atomic E-state index is -0.191. The van der Waals surface area contributed by atoms with Gasteiger partial charge in [-0.1, -0.05) is 30.3 Å². The lowest BCUT2D eigenvalue weighted by Crippen LogP contribution is -2.26. The molecule has 0 fully saturated rings. The molecule has 0 radical (unpaired) electrons. The molecule has 0 saturated carbocycles. The number of fused-ring (bicyclic) bond motifs is 1. The van der Waals surface area contributed by atoms with E-state index in [0.717, 1.165) is 12.8 Å². The number of hydrogen-bond donors (Lipinski definition) is 2. The van der Waals surface area contributed by atoms with Crippen LogP contribution in [-0.4, -0.2) is 18.4 Å². The topological polar surface area (TPSA) is 67.4 Å². The molecule has 0 unspecified atom stereocenters. The predicted octanol–water partition coefficient (Wildman–Crippen LogP) is 3.29. The highest BCUT2D eigenvalue weighted by Crippen LogP contribution is 2.35. The zero-order chi connectivity index (χ0) is 16.9. The van der Waals surface area contributed by atoms with Crippen molar-refractivity contribution in [3.05, 3.63) is 53.6 Å². The SMILES string of the molecule is Cc1ccccc1CCCC(=O)Nc1cccc2c1OCC(=O)N2. The Morgan fingerprint density at radius 3 is 2.88 bits per heavy atom. The zero-order valence-electron chi connectivity index (χ0n) is 13.6. The molecule has 1 heterocycles. The molecule has 0 aromatic heterocycles. The third kappa shape index (κ3) is 3.74. The number of rotatable bonds is 5. The summed E-state index contributed by atoms with van der Waals surface area (Å²) in [6.45, 7) is 2.05. The van der Waals surface area contributed by atoms with E-state index in [-0.39, 0.29) is 18.4 Å². The number of para-hydroxylation sites is 1. The van der Waals surface area contributed by atoms with Crippen LogP contribution < -0.4 is 15.4 Å². The van der Waals surface area contributed by atoms with Crippen LogP contribution in [0.1, 0.15) is 24.0 Å². The van der Waals surface area contributed by atoms with Gasteiger partial charge in [-0.15, -0.1) is 0 Å². The minimum Gasteiger partial charge on any atom is -0.479 e. The average molecular weight is 324 g/mol. The Bertz CT molecular complexity index is 771. The monoisotopic (exact) mass is 324 g/mol. The number of carbonyl (C=O) groups excluding carboxylic acids is 2. The Kier molecular flexibility index (Phi) is 4.79. The third-order valence-electron chi connectivity index (χ3n) is 4.02. The number of benzene rings is 2. The van der Waals surface area contributed by atoms with Crippen molar-refractivity contribution >= 4 is 23.2 Å². The van der Waals surface area contributed by atoms with Gasteiger partial charge in [0, 0.05) is 6.42 Å². The highest BCUT2D eigenvalue weighted by molar-refractivity contribution is 5.99. The van der Waals surface area contributed by atoms with Gasteiger partial charge in [-0.25, -0.2) is 0 Å². The number of carbonyl (C=O) groups is 2. The predicted molar refractivity (Wildman–Crippen MR) is 93.3 cm³/mol. The van der Waals surface area contributed by atoms with E-state index in [1.54, 1.807) is 18.2 Å². The van der Waals surface area contributed by atoms with E-state index in [2.05, 4.69) is 29.7 Å². The second-order valence-electron chi connectivity index (χ2n) is 5.85. The normalized spacial score (nSPS) is 12.8. The van der Waals surface area contributed by atoms with Crippen LogP contribution in [0.25, 0.3) is 0 Å². The molecule has 5 nitrogen and oxygen atoms in total. The van der Waals surface area contributed by atoms with E-state index in [9.17, 15) is 9.59 Å². The van der Waals surface area contributed by atoms with Gasteiger partial charge < -0.3 is 15.4 Å². The Morgan fingerprint density at radius 1 is 1.21 bits per heavy atom. The van der Waals surface area contributed by atoms with Gasteiger partial charge in [-0.05, 0) is 43.0 Å². The van der Waals surface area contributed by atoms with E-state index >= 15 is 0 Å². The molecule has 0 saturated heterocycles. The lowest BCUT2D eigenvalue weighted by molar-refractivity contribution is -0.118. The van der Waals surface area contributed by atoms with Crippen LogP contribution >= 0.6 is 0 Å². The maximum atomic E-state index is 12.2. The van der Waals surface area contributed by atoms with Gasteiger partial charge in [0.05, 0.1) is 11.4 Å². The molecule has 2 aromatic rings. The van der Waals surface area contributed by atoms with Crippen LogP contribution in [0.5, 0.6) is 5.75 Å². The average Bonchev–Trinajstić information content (AvgIpc) is 2.56. The van der Waals surface area contributed by atoms with Gasteiger partial charge in [0.25, 0.3) is 5.91 Å². The number of ether oxygens (including phenoxy) is 1. The van der Waals surface area contributed by atoms with Gasteiger partial charge in [-0.3, -0.25) is 9.59 Å². The summed E-state index contributed by atoms with van der Waals surface area (Å²) in [5.74, 6) is 0.269. The second kappa shape index (κ2) is 7.17. The van der Waals surface area contributed by atoms with Crippen molar-refractivity contribution in [1.29, 1.82) is 0 Å². The van der Waals surface area contributed by atoms with Crippen molar-refractivity contribution < 1.29 is 14.3 Å². The van der Waals surface area contributed by atoms with Gasteiger partial charge in [0.2, 0.25) is 5.91 Å². The molecule has 24 heavy (non-hydrogen) atoms. The molecule has 5 heteroatoms. The molecular weight excluding hydrogens is 304 g/mol. The molecule has 2 amide bonds. The van der Waals surface area contributed by atoms with E-state index in [4.69, 9.17) is 4.74 Å². The van der Waals surface area contributed by atoms with Crippen molar-refractivity contribution in [1.82, 2.24) is 0 Å². The first-order valence-electron chi connectivity index (χ1n) is 8.03. The summed E-state index contributed by atoms with van der Waals surface area (Å²) < 4.78 is 5.43. The Morgan fingerprint density at radius 2 is 2.04 bits per heavy atom. The lowest BCUT2D eigenvalue weighted by atomic mass is 10.0. The Balaban J connectivity index is 1.57. The fraction of sp³-hybridized carbons (Fsp3) is 0.263. The van der Waals surface area contributed by atoms with Crippen molar-refractivity contribution in [2.75, 3.05) is 17.2 Å². The highest BCUT2D eigenvalue weighted by atomic mass is 16.5. The second-order valence-corrected chi connectivity index (χ2v) is 5.85. The smallest absolute Gasteiger partial charge is 0.262 e. The fourth-order valence-corrected chi connectivity index (χ4v) is 2.76. The van der Waals surface area contributed by atoms with Crippen LogP contribution in [0.3, 0.4) is 0 Å². The molecule has 3 rings (SSSR count). The number of hydrogen-bond acceptors (Lipinski definition) is 3. The minimum absolute atomic E-state index is 0.0346. The lowest BCUT2D eigenvalue weighted by Gasteiger charge is -2.20. The highest BCUT2D eigenvalue weighted by Gasteiger charge is 2.19. The molecule has 2 N–H and O–H groups in total. The standard InChI is InChI=1S/C19H20N2O3/c1-13-6-2-3-7-14(13)8-4-11-17(22)20-15-9-5-10-16-19(15)24-12-18(23)21-16/h2-3,5-7,9-10H,4,8,11-12H2,1H3,(H,20,22)(H,21,23). The third-order valence-corrected chi connectivity index (χ3v) is 4.02. The first-order valence-corrected chi connectivity index (χ1v) is 8.03. The number of anilines is 2. The fourth-order valence-electron chi connectivity index (χ4n) is 2.76. The van der Waals surface area contributed by atoms with Crippen molar-refractivity contribution in [3.63, 3.8) is 0 Å². The summed E-state index contributed by atoms with van der Waals surface area (Å²) in [4.78, 5) is 23.5. The largest absolute Gasteiger partial charge is 0.479 e. The Hall–Kier alpha value is -2.82. The first-order chi connectivity index (χ1) is 11.6. The molecule has 0 bridgehead atoms. The summed E-state index contributed by atoms with van der Waals surface area (Å²) in [5.41, 5.74) is 3.70. The summed E-state index contributed by atoms with van der Waals surface area (Å²) in [5, 5.41) is 5.60. The van der Waals surface area contributed by atoms with Crippen molar-refractivity contribution in [2.24, 2.45) is 0 Å². The van der Waals surface area contributed by atoms with E-state index in [0.29, 0.717) is 23.5 Å². The molecule has 124 valence electrons. The van der Waals surface area contributed by atoms with Gasteiger partial charge >= 0.3 is 0 Å². The van der Waals surface area contributed by atoms with Crippen LogP contribution in [0, 0.1) is 6.92 Å². The van der Waals surface area contributed by atoms with Crippen molar-refractivity contribution in [3.8, 4) is 5.75 Å². The molecular formula is C19H20N2O3. The van der Waals surface area contributed by atoms with Crippen LogP contribution in [0.4, 0.5) is 11.4 Å². The number of amides is 2. The van der Waals surface area contributed by atoms with E-state index in [1.165, 1.54) is 11.1 Å². The summed E-state index contributed by atoms with van der Waals surface area (Å²) in [6, 6.07) is 13.5.